The van der Waals surface area contributed by atoms with Gasteiger partial charge in [-0.1, -0.05) is 29.8 Å². The highest BCUT2D eigenvalue weighted by Crippen LogP contribution is 2.18. The van der Waals surface area contributed by atoms with Crippen LogP contribution >= 0.6 is 0 Å². The Bertz CT molecular complexity index is 725. The lowest BCUT2D eigenvalue weighted by atomic mass is 10.1. The molecule has 0 fully saturated rings. The van der Waals surface area contributed by atoms with Crippen LogP contribution in [0.25, 0.3) is 0 Å². The summed E-state index contributed by atoms with van der Waals surface area (Å²) in [7, 11) is 0. The number of aryl methyl sites for hydroxylation is 3. The minimum absolute atomic E-state index is 0.0433. The fraction of sp³-hybridized carbons (Fsp3) is 0.409. The summed E-state index contributed by atoms with van der Waals surface area (Å²) in [6.45, 7) is 8.72. The van der Waals surface area contributed by atoms with Crippen LogP contribution in [-0.2, 0) is 11.2 Å². The highest BCUT2D eigenvalue weighted by atomic mass is 16.5. The zero-order valence-corrected chi connectivity index (χ0v) is 16.2. The first-order chi connectivity index (χ1) is 12.4. The van der Waals surface area contributed by atoms with Gasteiger partial charge in [0, 0.05) is 6.54 Å². The molecule has 140 valence electrons. The average molecular weight is 355 g/mol. The number of rotatable bonds is 9. The molecule has 0 aliphatic carbocycles. The highest BCUT2D eigenvalue weighted by molar-refractivity contribution is 5.77. The normalized spacial score (nSPS) is 10.7. The second-order valence-corrected chi connectivity index (χ2v) is 6.83. The number of ether oxygens (including phenoxy) is 2. The van der Waals surface area contributed by atoms with Crippen LogP contribution in [0.2, 0.25) is 0 Å². The number of benzene rings is 2. The molecule has 2 aromatic rings. The Morgan fingerprint density at radius 3 is 2.65 bits per heavy atom. The fourth-order valence-corrected chi connectivity index (χ4v) is 2.72. The summed E-state index contributed by atoms with van der Waals surface area (Å²) in [4.78, 5) is 11.9. The van der Waals surface area contributed by atoms with Gasteiger partial charge in [-0.25, -0.2) is 0 Å². The van der Waals surface area contributed by atoms with Crippen molar-refractivity contribution in [1.82, 2.24) is 5.32 Å². The molecule has 0 saturated carbocycles. The van der Waals surface area contributed by atoms with Crippen LogP contribution in [0.15, 0.2) is 42.5 Å². The Morgan fingerprint density at radius 2 is 1.92 bits per heavy atom. The highest BCUT2D eigenvalue weighted by Gasteiger charge is 2.05. The molecule has 4 nitrogen and oxygen atoms in total. The molecule has 0 bridgehead atoms. The van der Waals surface area contributed by atoms with E-state index in [1.807, 2.05) is 58.0 Å². The van der Waals surface area contributed by atoms with Crippen molar-refractivity contribution in [2.24, 2.45) is 0 Å². The van der Waals surface area contributed by atoms with Gasteiger partial charge < -0.3 is 14.8 Å². The molecule has 0 spiro atoms. The molecule has 0 saturated heterocycles. The maximum Gasteiger partial charge on any atom is 0.257 e. The molecule has 2 rings (SSSR count). The van der Waals surface area contributed by atoms with Gasteiger partial charge in [-0.05, 0) is 69.9 Å². The lowest BCUT2D eigenvalue weighted by molar-refractivity contribution is -0.123. The van der Waals surface area contributed by atoms with Gasteiger partial charge in [0.05, 0.1) is 6.10 Å². The van der Waals surface area contributed by atoms with Crippen molar-refractivity contribution in [2.75, 3.05) is 13.2 Å². The zero-order chi connectivity index (χ0) is 18.9. The second-order valence-electron chi connectivity index (χ2n) is 6.83. The Labute approximate surface area is 156 Å². The first-order valence-corrected chi connectivity index (χ1v) is 9.16. The molecule has 0 radical (unpaired) electrons. The van der Waals surface area contributed by atoms with Gasteiger partial charge >= 0.3 is 0 Å². The topological polar surface area (TPSA) is 47.6 Å². The van der Waals surface area contributed by atoms with E-state index >= 15 is 0 Å². The molecule has 4 heteroatoms. The molecular formula is C22H29NO3. The number of amides is 1. The van der Waals surface area contributed by atoms with Crippen molar-refractivity contribution in [3.05, 3.63) is 59.2 Å². The van der Waals surface area contributed by atoms with Gasteiger partial charge in [0.1, 0.15) is 11.5 Å². The summed E-state index contributed by atoms with van der Waals surface area (Å²) in [6, 6.07) is 14.0. The molecule has 0 aliphatic heterocycles. The molecule has 2 aromatic carbocycles. The SMILES string of the molecule is Cc1ccc(OCC(=O)NCCCc2cccc(OC(C)C)c2)c(C)c1. The van der Waals surface area contributed by atoms with E-state index in [0.717, 1.165) is 29.9 Å². The summed E-state index contributed by atoms with van der Waals surface area (Å²) in [5.41, 5.74) is 3.44. The number of carbonyl (C=O) groups is 1. The molecule has 0 atom stereocenters. The van der Waals surface area contributed by atoms with Gasteiger partial charge in [-0.2, -0.15) is 0 Å². The van der Waals surface area contributed by atoms with Crippen LogP contribution in [0.3, 0.4) is 0 Å². The predicted octanol–water partition coefficient (Wildman–Crippen LogP) is 4.22. The molecule has 0 heterocycles. The molecule has 1 N–H and O–H groups in total. The number of carbonyl (C=O) groups excluding carboxylic acids is 1. The van der Waals surface area contributed by atoms with Crippen LogP contribution in [0.1, 0.15) is 37.0 Å². The third kappa shape index (κ3) is 6.79. The van der Waals surface area contributed by atoms with Crippen LogP contribution in [0.5, 0.6) is 11.5 Å². The fourth-order valence-electron chi connectivity index (χ4n) is 2.72. The minimum atomic E-state index is -0.0955. The molecule has 0 aliphatic rings. The Morgan fingerprint density at radius 1 is 1.12 bits per heavy atom. The van der Waals surface area contributed by atoms with Crippen molar-refractivity contribution in [3.8, 4) is 11.5 Å². The quantitative estimate of drug-likeness (QED) is 0.685. The van der Waals surface area contributed by atoms with E-state index < -0.39 is 0 Å². The number of nitrogens with one attached hydrogen (secondary N) is 1. The zero-order valence-electron chi connectivity index (χ0n) is 16.2. The summed E-state index contributed by atoms with van der Waals surface area (Å²) in [5, 5.41) is 2.91. The van der Waals surface area contributed by atoms with E-state index in [1.54, 1.807) is 0 Å². The maximum absolute atomic E-state index is 11.9. The number of hydrogen-bond donors (Lipinski definition) is 1. The summed E-state index contributed by atoms with van der Waals surface area (Å²) in [6.07, 6.45) is 1.94. The lowest BCUT2D eigenvalue weighted by Crippen LogP contribution is -2.30. The van der Waals surface area contributed by atoms with E-state index in [-0.39, 0.29) is 18.6 Å². The monoisotopic (exact) mass is 355 g/mol. The maximum atomic E-state index is 11.9. The van der Waals surface area contributed by atoms with Crippen molar-refractivity contribution in [2.45, 2.75) is 46.6 Å². The Kier molecular flexibility index (Phi) is 7.52. The van der Waals surface area contributed by atoms with Gasteiger partial charge in [0.25, 0.3) is 5.91 Å². The van der Waals surface area contributed by atoms with E-state index in [9.17, 15) is 4.79 Å². The standard InChI is InChI=1S/C22H29NO3/c1-16(2)26-20-9-5-7-19(14-20)8-6-12-23-22(24)15-25-21-11-10-17(3)13-18(21)4/h5,7,9-11,13-14,16H,6,8,12,15H2,1-4H3,(H,23,24). The summed E-state index contributed by atoms with van der Waals surface area (Å²) >= 11 is 0. The van der Waals surface area contributed by atoms with Crippen molar-refractivity contribution < 1.29 is 14.3 Å². The van der Waals surface area contributed by atoms with Crippen molar-refractivity contribution >= 4 is 5.91 Å². The third-order valence-corrected chi connectivity index (χ3v) is 3.92. The van der Waals surface area contributed by atoms with E-state index in [1.165, 1.54) is 11.1 Å². The first kappa shape index (κ1) is 19.8. The van der Waals surface area contributed by atoms with Crippen molar-refractivity contribution in [3.63, 3.8) is 0 Å². The summed E-state index contributed by atoms with van der Waals surface area (Å²) < 4.78 is 11.3. The van der Waals surface area contributed by atoms with E-state index in [0.29, 0.717) is 6.54 Å². The van der Waals surface area contributed by atoms with Gasteiger partial charge in [0.2, 0.25) is 0 Å². The second kappa shape index (κ2) is 9.85. The summed E-state index contributed by atoms with van der Waals surface area (Å²) in [5.74, 6) is 1.55. The number of hydrogen-bond acceptors (Lipinski definition) is 3. The van der Waals surface area contributed by atoms with E-state index in [4.69, 9.17) is 9.47 Å². The van der Waals surface area contributed by atoms with E-state index in [2.05, 4.69) is 17.4 Å². The van der Waals surface area contributed by atoms with Gasteiger partial charge in [-0.15, -0.1) is 0 Å². The lowest BCUT2D eigenvalue weighted by Gasteiger charge is -2.11. The molecule has 0 unspecified atom stereocenters. The van der Waals surface area contributed by atoms with Crippen LogP contribution < -0.4 is 14.8 Å². The minimum Gasteiger partial charge on any atom is -0.491 e. The molecule has 0 aromatic heterocycles. The first-order valence-electron chi connectivity index (χ1n) is 9.16. The Balaban J connectivity index is 1.68. The van der Waals surface area contributed by atoms with Gasteiger partial charge in [-0.3, -0.25) is 4.79 Å². The smallest absolute Gasteiger partial charge is 0.257 e. The molecule has 1 amide bonds. The Hall–Kier alpha value is -2.49. The third-order valence-electron chi connectivity index (χ3n) is 3.92. The average Bonchev–Trinajstić information content (AvgIpc) is 2.58. The van der Waals surface area contributed by atoms with Crippen LogP contribution in [0, 0.1) is 13.8 Å². The molecule has 26 heavy (non-hydrogen) atoms. The largest absolute Gasteiger partial charge is 0.491 e. The molecular weight excluding hydrogens is 326 g/mol. The van der Waals surface area contributed by atoms with Crippen LogP contribution in [0.4, 0.5) is 0 Å². The van der Waals surface area contributed by atoms with Crippen molar-refractivity contribution in [1.29, 1.82) is 0 Å². The predicted molar refractivity (Wildman–Crippen MR) is 105 cm³/mol. The van der Waals surface area contributed by atoms with Gasteiger partial charge in [0.15, 0.2) is 6.61 Å². The van der Waals surface area contributed by atoms with Crippen LogP contribution in [-0.4, -0.2) is 25.2 Å².